The molecule has 3 atom stereocenters. The molecule has 2 fully saturated rings. The summed E-state index contributed by atoms with van der Waals surface area (Å²) in [7, 11) is 1.82. The zero-order chi connectivity index (χ0) is 12.8. The average Bonchev–Trinajstić information content (AvgIpc) is 2.85. The van der Waals surface area contributed by atoms with Crippen LogP contribution in [0.15, 0.2) is 0 Å². The standard InChI is InChI=1S/C14H28N2O2/c1-3-6-15-14-5-8-18-11-12(14)9-16-7-4-13(10-16)17-2/h12-15H,3-11H2,1-2H3. The number of hydrogen-bond donors (Lipinski definition) is 1. The van der Waals surface area contributed by atoms with Crippen molar-refractivity contribution in [3.63, 3.8) is 0 Å². The van der Waals surface area contributed by atoms with E-state index in [0.29, 0.717) is 18.1 Å². The SMILES string of the molecule is CCCNC1CCOCC1CN1CCC(OC)C1. The van der Waals surface area contributed by atoms with Crippen LogP contribution in [-0.2, 0) is 9.47 Å². The molecule has 2 heterocycles. The number of hydrogen-bond acceptors (Lipinski definition) is 4. The van der Waals surface area contributed by atoms with Crippen LogP contribution in [0.3, 0.4) is 0 Å². The molecule has 0 saturated carbocycles. The molecule has 0 radical (unpaired) electrons. The predicted molar refractivity (Wildman–Crippen MR) is 72.9 cm³/mol. The molecule has 106 valence electrons. The Kier molecular flexibility index (Phi) is 5.89. The molecule has 2 aliphatic heterocycles. The quantitative estimate of drug-likeness (QED) is 0.772. The smallest absolute Gasteiger partial charge is 0.0710 e. The van der Waals surface area contributed by atoms with E-state index < -0.39 is 0 Å². The molecule has 0 bridgehead atoms. The predicted octanol–water partition coefficient (Wildman–Crippen LogP) is 1.11. The van der Waals surface area contributed by atoms with Crippen LogP contribution >= 0.6 is 0 Å². The first kappa shape index (κ1) is 14.3. The Morgan fingerprint density at radius 3 is 3.00 bits per heavy atom. The molecule has 18 heavy (non-hydrogen) atoms. The molecule has 2 rings (SSSR count). The van der Waals surface area contributed by atoms with Gasteiger partial charge in [0.25, 0.3) is 0 Å². The van der Waals surface area contributed by atoms with E-state index in [0.717, 1.165) is 39.3 Å². The molecule has 3 unspecified atom stereocenters. The van der Waals surface area contributed by atoms with Crippen LogP contribution in [0.25, 0.3) is 0 Å². The van der Waals surface area contributed by atoms with E-state index >= 15 is 0 Å². The summed E-state index contributed by atoms with van der Waals surface area (Å²) in [6.45, 7) is 8.60. The highest BCUT2D eigenvalue weighted by Crippen LogP contribution is 2.20. The third-order valence-corrected chi connectivity index (χ3v) is 4.19. The van der Waals surface area contributed by atoms with Crippen LogP contribution in [-0.4, -0.2) is 63.5 Å². The number of nitrogens with zero attached hydrogens (tertiary/aromatic N) is 1. The molecule has 0 amide bonds. The van der Waals surface area contributed by atoms with Crippen molar-refractivity contribution in [3.8, 4) is 0 Å². The second-order valence-corrected chi connectivity index (χ2v) is 5.59. The summed E-state index contributed by atoms with van der Waals surface area (Å²) in [5.74, 6) is 0.640. The van der Waals surface area contributed by atoms with E-state index in [9.17, 15) is 0 Å². The number of rotatable bonds is 6. The topological polar surface area (TPSA) is 33.7 Å². The molecule has 4 nitrogen and oxygen atoms in total. The molecule has 0 spiro atoms. The minimum Gasteiger partial charge on any atom is -0.381 e. The summed E-state index contributed by atoms with van der Waals surface area (Å²) in [6, 6.07) is 0.639. The van der Waals surface area contributed by atoms with Gasteiger partial charge in [0, 0.05) is 45.3 Å². The number of nitrogens with one attached hydrogen (secondary N) is 1. The highest BCUT2D eigenvalue weighted by Gasteiger charge is 2.30. The fraction of sp³-hybridized carbons (Fsp3) is 1.00. The van der Waals surface area contributed by atoms with Crippen molar-refractivity contribution in [1.82, 2.24) is 10.2 Å². The minimum atomic E-state index is 0.441. The fourth-order valence-electron chi connectivity index (χ4n) is 3.06. The van der Waals surface area contributed by atoms with Crippen LogP contribution in [0.5, 0.6) is 0 Å². The lowest BCUT2D eigenvalue weighted by atomic mass is 9.95. The van der Waals surface area contributed by atoms with E-state index in [1.54, 1.807) is 0 Å². The van der Waals surface area contributed by atoms with Crippen molar-refractivity contribution < 1.29 is 9.47 Å². The van der Waals surface area contributed by atoms with Crippen LogP contribution < -0.4 is 5.32 Å². The molecule has 4 heteroatoms. The fourth-order valence-corrected chi connectivity index (χ4v) is 3.06. The Morgan fingerprint density at radius 1 is 1.39 bits per heavy atom. The molecule has 0 aromatic carbocycles. The molecule has 0 aromatic heterocycles. The lowest BCUT2D eigenvalue weighted by molar-refractivity contribution is 0.0170. The van der Waals surface area contributed by atoms with E-state index in [4.69, 9.17) is 9.47 Å². The first-order valence-corrected chi connectivity index (χ1v) is 7.39. The molecular formula is C14H28N2O2. The van der Waals surface area contributed by atoms with Gasteiger partial charge in [0.15, 0.2) is 0 Å². The van der Waals surface area contributed by atoms with Gasteiger partial charge in [-0.1, -0.05) is 6.92 Å². The summed E-state index contributed by atoms with van der Waals surface area (Å²) in [5.41, 5.74) is 0. The van der Waals surface area contributed by atoms with Crippen LogP contribution in [0.4, 0.5) is 0 Å². The number of ether oxygens (including phenoxy) is 2. The van der Waals surface area contributed by atoms with Gasteiger partial charge in [0.2, 0.25) is 0 Å². The third kappa shape index (κ3) is 3.92. The Balaban J connectivity index is 1.78. The number of methoxy groups -OCH3 is 1. The zero-order valence-electron chi connectivity index (χ0n) is 11.9. The van der Waals surface area contributed by atoms with Crippen molar-refractivity contribution in [2.24, 2.45) is 5.92 Å². The minimum absolute atomic E-state index is 0.441. The summed E-state index contributed by atoms with van der Waals surface area (Å²) in [4.78, 5) is 2.54. The molecule has 2 aliphatic rings. The van der Waals surface area contributed by atoms with Gasteiger partial charge in [-0.3, -0.25) is 0 Å². The Bertz CT molecular complexity index is 238. The lowest BCUT2D eigenvalue weighted by Crippen LogP contribution is -2.47. The molecule has 0 aromatic rings. The summed E-state index contributed by atoms with van der Waals surface area (Å²) < 4.78 is 11.1. The highest BCUT2D eigenvalue weighted by atomic mass is 16.5. The van der Waals surface area contributed by atoms with Crippen molar-refractivity contribution in [2.45, 2.75) is 38.3 Å². The van der Waals surface area contributed by atoms with Gasteiger partial charge >= 0.3 is 0 Å². The summed E-state index contributed by atoms with van der Waals surface area (Å²) in [6.07, 6.45) is 3.99. The maximum atomic E-state index is 5.66. The van der Waals surface area contributed by atoms with E-state index in [-0.39, 0.29) is 0 Å². The van der Waals surface area contributed by atoms with E-state index in [1.807, 2.05) is 7.11 Å². The van der Waals surface area contributed by atoms with Gasteiger partial charge < -0.3 is 19.7 Å². The number of likely N-dealkylation sites (tertiary alicyclic amines) is 1. The van der Waals surface area contributed by atoms with Crippen LogP contribution in [0, 0.1) is 5.92 Å². The summed E-state index contributed by atoms with van der Waals surface area (Å²) in [5, 5.41) is 3.68. The Labute approximate surface area is 111 Å². The Morgan fingerprint density at radius 2 is 2.28 bits per heavy atom. The highest BCUT2D eigenvalue weighted by molar-refractivity contribution is 4.85. The van der Waals surface area contributed by atoms with E-state index in [1.165, 1.54) is 19.4 Å². The maximum Gasteiger partial charge on any atom is 0.0710 e. The van der Waals surface area contributed by atoms with Gasteiger partial charge in [-0.05, 0) is 25.8 Å². The van der Waals surface area contributed by atoms with Crippen LogP contribution in [0.1, 0.15) is 26.2 Å². The van der Waals surface area contributed by atoms with Gasteiger partial charge in [0.05, 0.1) is 12.7 Å². The maximum absolute atomic E-state index is 5.66. The van der Waals surface area contributed by atoms with Crippen molar-refractivity contribution in [1.29, 1.82) is 0 Å². The summed E-state index contributed by atoms with van der Waals surface area (Å²) >= 11 is 0. The average molecular weight is 256 g/mol. The normalized spacial score (nSPS) is 34.0. The molecule has 2 saturated heterocycles. The molecule has 1 N–H and O–H groups in total. The third-order valence-electron chi connectivity index (χ3n) is 4.19. The van der Waals surface area contributed by atoms with Crippen molar-refractivity contribution in [2.75, 3.05) is 46.5 Å². The van der Waals surface area contributed by atoms with Gasteiger partial charge in [0.1, 0.15) is 0 Å². The zero-order valence-corrected chi connectivity index (χ0v) is 11.9. The second-order valence-electron chi connectivity index (χ2n) is 5.59. The van der Waals surface area contributed by atoms with Gasteiger partial charge in [-0.25, -0.2) is 0 Å². The van der Waals surface area contributed by atoms with Crippen molar-refractivity contribution in [3.05, 3.63) is 0 Å². The first-order chi connectivity index (χ1) is 8.83. The molecular weight excluding hydrogens is 228 g/mol. The molecule has 0 aliphatic carbocycles. The van der Waals surface area contributed by atoms with Crippen LogP contribution in [0.2, 0.25) is 0 Å². The second kappa shape index (κ2) is 7.43. The monoisotopic (exact) mass is 256 g/mol. The van der Waals surface area contributed by atoms with Gasteiger partial charge in [-0.2, -0.15) is 0 Å². The van der Waals surface area contributed by atoms with Crippen molar-refractivity contribution >= 4 is 0 Å². The van der Waals surface area contributed by atoms with Gasteiger partial charge in [-0.15, -0.1) is 0 Å². The Hall–Kier alpha value is -0.160. The lowest BCUT2D eigenvalue weighted by Gasteiger charge is -2.34. The first-order valence-electron chi connectivity index (χ1n) is 7.39. The largest absolute Gasteiger partial charge is 0.381 e. The van der Waals surface area contributed by atoms with E-state index in [2.05, 4.69) is 17.1 Å².